The number of halogens is 2. The van der Waals surface area contributed by atoms with Crippen LogP contribution in [0.1, 0.15) is 57.4 Å². The van der Waals surface area contributed by atoms with Crippen LogP contribution in [0, 0.1) is 0 Å². The molecule has 1 aliphatic rings. The Labute approximate surface area is 263 Å². The number of methoxy groups -OCH3 is 1. The number of unbranched alkanes of at least 4 members (excludes halogenated alkanes) is 5. The van der Waals surface area contributed by atoms with Gasteiger partial charge in [0.2, 0.25) is 21.9 Å². The Hall–Kier alpha value is -2.93. The Morgan fingerprint density at radius 2 is 1.88 bits per heavy atom. The summed E-state index contributed by atoms with van der Waals surface area (Å²) in [5, 5.41) is 3.61. The minimum atomic E-state index is -3.58. The van der Waals surface area contributed by atoms with Crippen LogP contribution in [0.4, 0.5) is 5.82 Å². The van der Waals surface area contributed by atoms with Crippen LogP contribution in [0.15, 0.2) is 43.0 Å². The van der Waals surface area contributed by atoms with Crippen molar-refractivity contribution >= 4 is 45.0 Å². The van der Waals surface area contributed by atoms with Crippen molar-refractivity contribution in [1.29, 1.82) is 0 Å². The van der Waals surface area contributed by atoms with E-state index in [4.69, 9.17) is 27.9 Å². The molecular formula is C29H39Cl2N7O4S. The van der Waals surface area contributed by atoms with Crippen LogP contribution in [-0.2, 0) is 21.4 Å². The quantitative estimate of drug-likeness (QED) is 0.183. The first kappa shape index (κ1) is 33.0. The summed E-state index contributed by atoms with van der Waals surface area (Å²) in [4.78, 5) is 28.1. The van der Waals surface area contributed by atoms with Crippen molar-refractivity contribution in [3.05, 3.63) is 58.7 Å². The molecule has 3 aromatic rings. The van der Waals surface area contributed by atoms with Crippen molar-refractivity contribution < 1.29 is 17.9 Å². The van der Waals surface area contributed by atoms with E-state index in [0.29, 0.717) is 35.5 Å². The van der Waals surface area contributed by atoms with Gasteiger partial charge in [-0.15, -0.1) is 0 Å². The van der Waals surface area contributed by atoms with Gasteiger partial charge in [-0.25, -0.2) is 18.4 Å². The number of hydrogen-bond donors (Lipinski definition) is 1. The third-order valence-corrected chi connectivity index (χ3v) is 9.89. The molecule has 14 heteroatoms. The van der Waals surface area contributed by atoms with Crippen LogP contribution in [-0.4, -0.2) is 76.7 Å². The lowest BCUT2D eigenvalue weighted by Crippen LogP contribution is -2.57. The van der Waals surface area contributed by atoms with E-state index in [2.05, 4.69) is 27.2 Å². The molecule has 11 nitrogen and oxygen atoms in total. The second-order valence-corrected chi connectivity index (χ2v) is 13.4. The molecule has 1 atom stereocenters. The summed E-state index contributed by atoms with van der Waals surface area (Å²) in [5.74, 6) is 1.25. The molecule has 1 amide bonds. The molecule has 3 heterocycles. The Morgan fingerprint density at radius 3 is 2.60 bits per heavy atom. The zero-order valence-electron chi connectivity index (χ0n) is 24.6. The highest BCUT2D eigenvalue weighted by Crippen LogP contribution is 2.26. The van der Waals surface area contributed by atoms with Crippen molar-refractivity contribution in [1.82, 2.24) is 29.1 Å². The lowest BCUT2D eigenvalue weighted by molar-refractivity contribution is -0.122. The average molecular weight is 653 g/mol. The lowest BCUT2D eigenvalue weighted by Gasteiger charge is -2.41. The van der Waals surface area contributed by atoms with E-state index in [1.54, 1.807) is 41.5 Å². The minimum absolute atomic E-state index is 0.0106. The number of imidazole rings is 1. The molecule has 0 saturated carbocycles. The SMILES string of the molecule is CCCCCCCCS(=O)(=O)N1CCN(c2cc(Cl)nc(-n3ccnc3)n2)CC1CC(=O)NCc1ccc(OC)c(Cl)c1. The van der Waals surface area contributed by atoms with E-state index in [-0.39, 0.29) is 42.9 Å². The first-order valence-electron chi connectivity index (χ1n) is 14.6. The fraction of sp³-hybridized carbons (Fsp3) is 0.517. The Balaban J connectivity index is 1.48. The maximum atomic E-state index is 13.5. The summed E-state index contributed by atoms with van der Waals surface area (Å²) in [6, 6.07) is 6.35. The predicted octanol–water partition coefficient (Wildman–Crippen LogP) is 4.87. The molecule has 0 spiro atoms. The fourth-order valence-corrected chi connectivity index (χ4v) is 7.33. The largest absolute Gasteiger partial charge is 0.495 e. The number of nitrogens with zero attached hydrogens (tertiary/aromatic N) is 6. The Kier molecular flexibility index (Phi) is 12.0. The number of anilines is 1. The zero-order chi connectivity index (χ0) is 30.8. The number of piperazine rings is 1. The molecule has 1 fully saturated rings. The van der Waals surface area contributed by atoms with Crippen molar-refractivity contribution in [2.75, 3.05) is 37.4 Å². The first-order chi connectivity index (χ1) is 20.7. The number of aromatic nitrogens is 4. The average Bonchev–Trinajstić information content (AvgIpc) is 3.53. The molecule has 0 aliphatic carbocycles. The Bertz CT molecular complexity index is 1460. The van der Waals surface area contributed by atoms with Gasteiger partial charge in [-0.3, -0.25) is 9.36 Å². The van der Waals surface area contributed by atoms with Gasteiger partial charge < -0.3 is 15.0 Å². The number of benzene rings is 1. The van der Waals surface area contributed by atoms with Crippen LogP contribution in [0.2, 0.25) is 10.2 Å². The number of amides is 1. The van der Waals surface area contributed by atoms with Crippen LogP contribution < -0.4 is 15.0 Å². The van der Waals surface area contributed by atoms with Crippen molar-refractivity contribution in [3.8, 4) is 11.7 Å². The van der Waals surface area contributed by atoms with Gasteiger partial charge in [0.05, 0.1) is 23.9 Å². The topological polar surface area (TPSA) is 123 Å². The summed E-state index contributed by atoms with van der Waals surface area (Å²) in [7, 11) is -2.05. The van der Waals surface area contributed by atoms with Gasteiger partial charge in [0, 0.05) is 51.1 Å². The van der Waals surface area contributed by atoms with Crippen LogP contribution in [0.5, 0.6) is 5.75 Å². The van der Waals surface area contributed by atoms with E-state index in [1.165, 1.54) is 11.4 Å². The lowest BCUT2D eigenvalue weighted by atomic mass is 10.1. The molecule has 0 bridgehead atoms. The molecule has 1 aromatic carbocycles. The van der Waals surface area contributed by atoms with Crippen LogP contribution in [0.25, 0.3) is 5.95 Å². The molecule has 234 valence electrons. The molecule has 2 aromatic heterocycles. The van der Waals surface area contributed by atoms with Gasteiger partial charge in [-0.2, -0.15) is 9.29 Å². The molecule has 4 rings (SSSR count). The third kappa shape index (κ3) is 9.28. The van der Waals surface area contributed by atoms with Crippen molar-refractivity contribution in [2.45, 2.75) is 64.5 Å². The van der Waals surface area contributed by atoms with Gasteiger partial charge in [-0.1, -0.05) is 68.3 Å². The van der Waals surface area contributed by atoms with Crippen molar-refractivity contribution in [3.63, 3.8) is 0 Å². The highest BCUT2D eigenvalue weighted by molar-refractivity contribution is 7.89. The van der Waals surface area contributed by atoms with E-state index in [9.17, 15) is 13.2 Å². The second-order valence-electron chi connectivity index (χ2n) is 10.6. The number of carbonyl (C=O) groups excluding carboxylic acids is 1. The molecular weight excluding hydrogens is 613 g/mol. The summed E-state index contributed by atoms with van der Waals surface area (Å²) in [6.07, 6.45) is 10.8. The molecule has 1 unspecified atom stereocenters. The maximum Gasteiger partial charge on any atom is 0.238 e. The normalized spacial score (nSPS) is 15.9. The number of nitrogens with one attached hydrogen (secondary N) is 1. The summed E-state index contributed by atoms with van der Waals surface area (Å²) in [5.41, 5.74) is 0.805. The van der Waals surface area contributed by atoms with E-state index < -0.39 is 16.1 Å². The summed E-state index contributed by atoms with van der Waals surface area (Å²) in [6.45, 7) is 3.30. The predicted molar refractivity (Wildman–Crippen MR) is 169 cm³/mol. The van der Waals surface area contributed by atoms with E-state index in [0.717, 1.165) is 37.7 Å². The molecule has 1 N–H and O–H groups in total. The standard InChI is InChI=1S/C29H39Cl2N7O4S/c1-3-4-5-6-7-8-15-43(40,41)38-14-13-36(27-18-26(31)34-29(35-27)37-12-11-32-21-37)20-23(38)17-28(39)33-19-22-9-10-25(42-2)24(30)16-22/h9-12,16,18,21,23H,3-8,13-15,17,19-20H2,1-2H3,(H,33,39). The monoisotopic (exact) mass is 651 g/mol. The van der Waals surface area contributed by atoms with Gasteiger partial charge in [0.1, 0.15) is 23.0 Å². The number of carbonyl (C=O) groups is 1. The number of ether oxygens (including phenoxy) is 1. The second kappa shape index (κ2) is 15.7. The smallest absolute Gasteiger partial charge is 0.238 e. The fourth-order valence-electron chi connectivity index (χ4n) is 5.12. The highest BCUT2D eigenvalue weighted by atomic mass is 35.5. The summed E-state index contributed by atoms with van der Waals surface area (Å²) < 4.78 is 35.4. The molecule has 1 aliphatic heterocycles. The Morgan fingerprint density at radius 1 is 1.09 bits per heavy atom. The van der Waals surface area contributed by atoms with E-state index >= 15 is 0 Å². The first-order valence-corrected chi connectivity index (χ1v) is 16.9. The van der Waals surface area contributed by atoms with Crippen LogP contribution in [0.3, 0.4) is 0 Å². The van der Waals surface area contributed by atoms with Gasteiger partial charge in [0.15, 0.2) is 0 Å². The van der Waals surface area contributed by atoms with Gasteiger partial charge in [-0.05, 0) is 24.1 Å². The zero-order valence-corrected chi connectivity index (χ0v) is 26.9. The highest BCUT2D eigenvalue weighted by Gasteiger charge is 2.36. The molecule has 0 radical (unpaired) electrons. The van der Waals surface area contributed by atoms with E-state index in [1.807, 2.05) is 11.0 Å². The minimum Gasteiger partial charge on any atom is -0.495 e. The maximum absolute atomic E-state index is 13.5. The number of rotatable bonds is 15. The van der Waals surface area contributed by atoms with Crippen LogP contribution >= 0.6 is 23.2 Å². The van der Waals surface area contributed by atoms with Crippen molar-refractivity contribution in [2.24, 2.45) is 0 Å². The number of sulfonamides is 1. The molecule has 1 saturated heterocycles. The summed E-state index contributed by atoms with van der Waals surface area (Å²) >= 11 is 12.6. The van der Waals surface area contributed by atoms with Gasteiger partial charge in [0.25, 0.3) is 0 Å². The third-order valence-electron chi connectivity index (χ3n) is 7.40. The molecule has 43 heavy (non-hydrogen) atoms. The number of hydrogen-bond acceptors (Lipinski definition) is 8. The van der Waals surface area contributed by atoms with Gasteiger partial charge >= 0.3 is 0 Å².